The maximum atomic E-state index is 12.5. The van der Waals surface area contributed by atoms with Crippen LogP contribution in [-0.2, 0) is 4.57 Å². The third-order valence-electron chi connectivity index (χ3n) is 3.98. The van der Waals surface area contributed by atoms with Crippen LogP contribution in [0.1, 0.15) is 43.8 Å². The molecule has 0 amide bonds. The molecule has 1 atom stereocenters. The molecular weight excluding hydrogens is 378 g/mol. The van der Waals surface area contributed by atoms with E-state index in [1.807, 2.05) is 32.9 Å². The zero-order valence-electron chi connectivity index (χ0n) is 14.3. The predicted octanol–water partition coefficient (Wildman–Crippen LogP) is 5.89. The van der Waals surface area contributed by atoms with E-state index in [1.165, 1.54) is 0 Å². The molecule has 0 N–H and O–H groups in total. The van der Waals surface area contributed by atoms with Crippen LogP contribution in [0.25, 0.3) is 0 Å². The molecule has 0 heterocycles. The van der Waals surface area contributed by atoms with Gasteiger partial charge in [0, 0.05) is 18.1 Å². The third kappa shape index (κ3) is 4.61. The highest BCUT2D eigenvalue weighted by molar-refractivity contribution is 7.64. The molecule has 132 valence electrons. The van der Waals surface area contributed by atoms with Crippen LogP contribution in [-0.4, -0.2) is 17.5 Å². The molecule has 0 aliphatic carbocycles. The van der Waals surface area contributed by atoms with Gasteiger partial charge in [0.2, 0.25) is 5.52 Å². The Kier molecular flexibility index (Phi) is 6.62. The van der Waals surface area contributed by atoms with Crippen molar-refractivity contribution in [2.24, 2.45) is 0 Å². The number of carbonyl (C=O) groups is 2. The second-order valence-corrected chi connectivity index (χ2v) is 8.66. The van der Waals surface area contributed by atoms with Crippen molar-refractivity contribution >= 4 is 42.3 Å². The van der Waals surface area contributed by atoms with E-state index < -0.39 is 7.80 Å². The lowest BCUT2D eigenvalue weighted by Crippen LogP contribution is -2.06. The van der Waals surface area contributed by atoms with Crippen molar-refractivity contribution in [3.8, 4) is 0 Å². The summed E-state index contributed by atoms with van der Waals surface area (Å²) in [5.74, 6) is -0.306. The van der Waals surface area contributed by atoms with Gasteiger partial charge in [0.05, 0.1) is 15.6 Å². The first-order chi connectivity index (χ1) is 11.7. The summed E-state index contributed by atoms with van der Waals surface area (Å²) in [5.41, 5.74) is 3.00. The van der Waals surface area contributed by atoms with Gasteiger partial charge in [-0.3, -0.25) is 9.59 Å². The minimum atomic E-state index is -2.60. The lowest BCUT2D eigenvalue weighted by Gasteiger charge is -2.10. The van der Waals surface area contributed by atoms with Gasteiger partial charge in [-0.15, -0.1) is 0 Å². The summed E-state index contributed by atoms with van der Waals surface area (Å²) in [4.78, 5) is 24.9. The number of aryl methyl sites for hydroxylation is 3. The summed E-state index contributed by atoms with van der Waals surface area (Å²) >= 11 is 12.0. The Bertz CT molecular complexity index is 832. The number of Topliss-reactive ketones (excluding diaryl/α,β-unsaturated/α-hetero) is 1. The van der Waals surface area contributed by atoms with Crippen molar-refractivity contribution in [3.05, 3.63) is 68.2 Å². The van der Waals surface area contributed by atoms with Crippen LogP contribution in [0.3, 0.4) is 0 Å². The first-order valence-electron chi connectivity index (χ1n) is 7.85. The largest absolute Gasteiger partial charge is 0.318 e. The first kappa shape index (κ1) is 19.9. The molecule has 0 aliphatic rings. The number of rotatable bonds is 6. The van der Waals surface area contributed by atoms with Crippen molar-refractivity contribution in [3.63, 3.8) is 0 Å². The first-order valence-corrected chi connectivity index (χ1v) is 10.2. The lowest BCUT2D eigenvalue weighted by molar-refractivity contribution is 0.0989. The number of halogens is 2. The zero-order valence-corrected chi connectivity index (χ0v) is 16.8. The van der Waals surface area contributed by atoms with Crippen LogP contribution in [0.5, 0.6) is 0 Å². The molecule has 2 aromatic rings. The average Bonchev–Trinajstić information content (AvgIpc) is 2.51. The highest BCUT2D eigenvalue weighted by Gasteiger charge is 2.21. The number of benzene rings is 2. The molecule has 0 saturated carbocycles. The molecule has 0 radical (unpaired) electrons. The molecule has 1 unspecified atom stereocenters. The Hall–Kier alpha value is -1.41. The summed E-state index contributed by atoms with van der Waals surface area (Å²) in [6.07, 6.45) is -0.0202. The van der Waals surface area contributed by atoms with Gasteiger partial charge < -0.3 is 4.57 Å². The van der Waals surface area contributed by atoms with E-state index in [0.717, 1.165) is 16.7 Å². The Balaban J connectivity index is 2.13. The van der Waals surface area contributed by atoms with Crippen molar-refractivity contribution < 1.29 is 14.2 Å². The molecule has 2 aromatic carbocycles. The molecule has 25 heavy (non-hydrogen) atoms. The average molecular weight is 397 g/mol. The molecular formula is C19H19Cl2O3P. The summed E-state index contributed by atoms with van der Waals surface area (Å²) < 4.78 is 12.5. The number of carbonyl (C=O) groups excluding carboxylic acids is 2. The van der Waals surface area contributed by atoms with Crippen LogP contribution >= 0.6 is 31.0 Å². The molecule has 0 saturated heterocycles. The Morgan fingerprint density at radius 1 is 0.960 bits per heavy atom. The monoisotopic (exact) mass is 396 g/mol. The fourth-order valence-corrected chi connectivity index (χ4v) is 4.87. The quantitative estimate of drug-likeness (QED) is 0.451. The molecule has 6 heteroatoms. The molecule has 0 bridgehead atoms. The minimum absolute atomic E-state index is 0.0106. The van der Waals surface area contributed by atoms with E-state index in [2.05, 4.69) is 0 Å². The van der Waals surface area contributed by atoms with Crippen LogP contribution in [0.15, 0.2) is 30.3 Å². The fourth-order valence-electron chi connectivity index (χ4n) is 2.91. The Morgan fingerprint density at radius 2 is 1.48 bits per heavy atom. The van der Waals surface area contributed by atoms with E-state index in [4.69, 9.17) is 23.2 Å². The molecule has 3 nitrogen and oxygen atoms in total. The highest BCUT2D eigenvalue weighted by Crippen LogP contribution is 2.33. The normalized spacial score (nSPS) is 12.0. The van der Waals surface area contributed by atoms with Crippen LogP contribution in [0.2, 0.25) is 10.0 Å². The van der Waals surface area contributed by atoms with Gasteiger partial charge >= 0.3 is 0 Å². The highest BCUT2D eigenvalue weighted by atomic mass is 35.5. The Labute approximate surface area is 158 Å². The lowest BCUT2D eigenvalue weighted by atomic mass is 10.0. The molecule has 0 aromatic heterocycles. The smallest absolute Gasteiger partial charge is 0.219 e. The standard InChI is InChI=1S/C19H19Cl2O3P/c1-11-9-12(2)17(13(3)10-11)19(23)25(24)8-7-16(22)18-14(20)5-4-6-15(18)21/h4-6,9-10,25H,7-8H2,1-3H3. The van der Waals surface area contributed by atoms with Gasteiger partial charge in [0.15, 0.2) is 5.78 Å². The van der Waals surface area contributed by atoms with E-state index in [0.29, 0.717) is 5.56 Å². The van der Waals surface area contributed by atoms with Gasteiger partial charge in [-0.2, -0.15) is 0 Å². The summed E-state index contributed by atoms with van der Waals surface area (Å²) in [6.45, 7) is 5.61. The van der Waals surface area contributed by atoms with Gasteiger partial charge in [-0.05, 0) is 44.0 Å². The fraction of sp³-hybridized carbons (Fsp3) is 0.263. The van der Waals surface area contributed by atoms with Gasteiger partial charge in [0.1, 0.15) is 7.80 Å². The number of hydrogen-bond acceptors (Lipinski definition) is 3. The van der Waals surface area contributed by atoms with Gasteiger partial charge in [-0.1, -0.05) is 47.0 Å². The molecule has 0 spiro atoms. The van der Waals surface area contributed by atoms with Crippen molar-refractivity contribution in [1.29, 1.82) is 0 Å². The summed E-state index contributed by atoms with van der Waals surface area (Å²) in [6, 6.07) is 8.59. The number of ketones is 1. The zero-order chi connectivity index (χ0) is 18.7. The second-order valence-electron chi connectivity index (χ2n) is 6.05. The summed E-state index contributed by atoms with van der Waals surface area (Å²) in [5, 5.41) is 0.516. The predicted molar refractivity (Wildman–Crippen MR) is 104 cm³/mol. The van der Waals surface area contributed by atoms with E-state index in [9.17, 15) is 14.2 Å². The molecule has 0 aliphatic heterocycles. The SMILES string of the molecule is Cc1cc(C)c(C(=O)[PH](=O)CCC(=O)c2c(Cl)cccc2Cl)c(C)c1. The Morgan fingerprint density at radius 3 is 2.00 bits per heavy atom. The van der Waals surface area contributed by atoms with Crippen LogP contribution < -0.4 is 0 Å². The topological polar surface area (TPSA) is 51.2 Å². The summed E-state index contributed by atoms with van der Waals surface area (Å²) in [7, 11) is -2.60. The molecule has 0 fully saturated rings. The molecule has 2 rings (SSSR count). The van der Waals surface area contributed by atoms with Crippen LogP contribution in [0.4, 0.5) is 0 Å². The maximum Gasteiger partial charge on any atom is 0.219 e. The van der Waals surface area contributed by atoms with E-state index in [-0.39, 0.29) is 39.5 Å². The second kappa shape index (κ2) is 8.31. The third-order valence-corrected chi connectivity index (χ3v) is 6.07. The van der Waals surface area contributed by atoms with Gasteiger partial charge in [-0.25, -0.2) is 0 Å². The van der Waals surface area contributed by atoms with E-state index in [1.54, 1.807) is 18.2 Å². The van der Waals surface area contributed by atoms with Crippen molar-refractivity contribution in [2.75, 3.05) is 6.16 Å². The van der Waals surface area contributed by atoms with E-state index >= 15 is 0 Å². The minimum Gasteiger partial charge on any atom is -0.318 e. The van der Waals surface area contributed by atoms with Crippen molar-refractivity contribution in [1.82, 2.24) is 0 Å². The maximum absolute atomic E-state index is 12.5. The number of hydrogen-bond donors (Lipinski definition) is 0. The van der Waals surface area contributed by atoms with Gasteiger partial charge in [0.25, 0.3) is 0 Å². The van der Waals surface area contributed by atoms with Crippen LogP contribution in [0, 0.1) is 20.8 Å². The van der Waals surface area contributed by atoms with Crippen molar-refractivity contribution in [2.45, 2.75) is 27.2 Å².